The van der Waals surface area contributed by atoms with Crippen molar-refractivity contribution in [1.29, 1.82) is 0 Å². The van der Waals surface area contributed by atoms with Crippen LogP contribution in [0.1, 0.15) is 31.1 Å². The molecule has 0 saturated heterocycles. The van der Waals surface area contributed by atoms with E-state index in [9.17, 15) is 29.7 Å². The molecule has 3 rings (SSSR count). The number of aromatic hydroxyl groups is 3. The van der Waals surface area contributed by atoms with Crippen LogP contribution in [0.2, 0.25) is 0 Å². The van der Waals surface area contributed by atoms with Crippen molar-refractivity contribution in [2.75, 3.05) is 39.5 Å². The summed E-state index contributed by atoms with van der Waals surface area (Å²) >= 11 is 11.9. The van der Waals surface area contributed by atoms with Crippen LogP contribution < -0.4 is 4.90 Å². The molecule has 0 atom stereocenters. The Labute approximate surface area is 328 Å². The predicted octanol–water partition coefficient (Wildman–Crippen LogP) is 5.19. The molecule has 0 amide bonds. The first-order chi connectivity index (χ1) is 20.3. The van der Waals surface area contributed by atoms with Crippen molar-refractivity contribution in [2.45, 2.75) is 0 Å². The average molecular weight is 1270 g/mol. The van der Waals surface area contributed by atoms with E-state index in [-0.39, 0.29) is 73.4 Å². The summed E-state index contributed by atoms with van der Waals surface area (Å²) in [7, 11) is 0. The number of rotatable bonds is 12. The third kappa shape index (κ3) is 10.9. The van der Waals surface area contributed by atoms with Crippen molar-refractivity contribution in [1.82, 2.24) is 0 Å². The molecule has 0 heterocycles. The minimum atomic E-state index is -0.682. The Kier molecular flexibility index (Phi) is 15.3. The number of quaternary nitrogens is 1. The maximum absolute atomic E-state index is 12.7. The van der Waals surface area contributed by atoms with Crippen molar-refractivity contribution < 1.29 is 48.8 Å². The zero-order valence-corrected chi connectivity index (χ0v) is 34.7. The van der Waals surface area contributed by atoms with Crippen molar-refractivity contribution in [3.63, 3.8) is 0 Å². The van der Waals surface area contributed by atoms with E-state index < -0.39 is 17.9 Å². The Morgan fingerprint density at radius 1 is 0.512 bits per heavy atom. The van der Waals surface area contributed by atoms with Crippen molar-refractivity contribution in [2.24, 2.45) is 0 Å². The second-order valence-corrected chi connectivity index (χ2v) is 16.0. The molecule has 0 saturated carbocycles. The van der Waals surface area contributed by atoms with Gasteiger partial charge in [0.2, 0.25) is 0 Å². The normalized spacial score (nSPS) is 11.0. The molecule has 4 N–H and O–H groups in total. The lowest BCUT2D eigenvalue weighted by molar-refractivity contribution is -0.900. The Bertz CT molecular complexity index is 1360. The molecule has 43 heavy (non-hydrogen) atoms. The number of phenolic OH excluding ortho intramolecular Hbond substituents is 3. The van der Waals surface area contributed by atoms with E-state index in [4.69, 9.17) is 14.2 Å². The second kappa shape index (κ2) is 17.7. The first kappa shape index (κ1) is 37.3. The molecule has 16 heteroatoms. The highest BCUT2D eigenvalue weighted by Crippen LogP contribution is 2.29. The minimum absolute atomic E-state index is 0.0245. The van der Waals surface area contributed by atoms with Crippen LogP contribution >= 0.6 is 136 Å². The van der Waals surface area contributed by atoms with Crippen LogP contribution in [0.3, 0.4) is 0 Å². The van der Waals surface area contributed by atoms with E-state index in [2.05, 4.69) is 0 Å². The molecular formula is C27H22I6NO9+. The van der Waals surface area contributed by atoms with Crippen molar-refractivity contribution in [3.8, 4) is 17.2 Å². The van der Waals surface area contributed by atoms with Gasteiger partial charge in [0.25, 0.3) is 0 Å². The zero-order valence-electron chi connectivity index (χ0n) is 21.8. The Morgan fingerprint density at radius 3 is 1.02 bits per heavy atom. The lowest BCUT2D eigenvalue weighted by Crippen LogP contribution is -3.13. The average Bonchev–Trinajstić information content (AvgIpc) is 2.93. The van der Waals surface area contributed by atoms with E-state index in [1.807, 2.05) is 136 Å². The molecule has 3 aromatic rings. The maximum atomic E-state index is 12.7. The number of hydrogen-bond donors (Lipinski definition) is 4. The number of halogens is 6. The predicted molar refractivity (Wildman–Crippen MR) is 207 cm³/mol. The number of phenols is 3. The summed E-state index contributed by atoms with van der Waals surface area (Å²) in [6, 6.07) is 9.80. The molecule has 0 unspecified atom stereocenters. The van der Waals surface area contributed by atoms with Crippen molar-refractivity contribution >= 4 is 153 Å². The zero-order chi connectivity index (χ0) is 31.8. The summed E-state index contributed by atoms with van der Waals surface area (Å²) in [6.45, 7) is 0.764. The molecule has 0 radical (unpaired) electrons. The number of nitrogens with one attached hydrogen (secondary N) is 1. The smallest absolute Gasteiger partial charge is 0.342 e. The third-order valence-electron chi connectivity index (χ3n) is 5.81. The number of esters is 3. The summed E-state index contributed by atoms with van der Waals surface area (Å²) in [6.07, 6.45) is 0. The fourth-order valence-electron chi connectivity index (χ4n) is 3.64. The van der Waals surface area contributed by atoms with Crippen LogP contribution in [0.5, 0.6) is 17.2 Å². The van der Waals surface area contributed by atoms with Crippen LogP contribution in [0.15, 0.2) is 36.4 Å². The first-order valence-electron chi connectivity index (χ1n) is 12.2. The van der Waals surface area contributed by atoms with Crippen LogP contribution in [0.25, 0.3) is 0 Å². The van der Waals surface area contributed by atoms with Crippen LogP contribution in [-0.2, 0) is 14.2 Å². The fraction of sp³-hybridized carbons (Fsp3) is 0.222. The Morgan fingerprint density at radius 2 is 0.767 bits per heavy atom. The van der Waals surface area contributed by atoms with Crippen LogP contribution in [0, 0.1) is 21.4 Å². The van der Waals surface area contributed by atoms with Gasteiger partial charge in [-0.25, -0.2) is 14.4 Å². The SMILES string of the molecule is O=C(OCC[NH+](CCOC(=O)c1cc(I)cc(I)c1O)CCOC(=O)c1cc(I)cc(I)c1O)c1cc(I)cc(I)c1O. The molecule has 0 bridgehead atoms. The van der Waals surface area contributed by atoms with Gasteiger partial charge in [0, 0.05) is 10.7 Å². The Balaban J connectivity index is 1.63. The quantitative estimate of drug-likeness (QED) is 0.110. The van der Waals surface area contributed by atoms with E-state index in [0.717, 1.165) is 15.6 Å². The molecule has 0 aliphatic heterocycles. The standard InChI is InChI=1S/C27H21I6NO9/c28-13-7-16(22(35)19(31)10-13)25(38)41-4-1-34(2-5-42-26(39)17-8-14(29)11-20(32)23(17)36)3-6-43-27(40)18-9-15(30)12-21(33)24(18)37/h7-12,35-37H,1-6H2/p+1. The summed E-state index contributed by atoms with van der Waals surface area (Å²) in [5.41, 5.74) is 0.165. The monoisotopic (exact) mass is 1270 g/mol. The lowest BCUT2D eigenvalue weighted by Gasteiger charge is -2.20. The molecule has 0 aliphatic carbocycles. The molecule has 0 aromatic heterocycles. The third-order valence-corrected chi connectivity index (χ3v) is 10.1. The van der Waals surface area contributed by atoms with Crippen LogP contribution in [0.4, 0.5) is 0 Å². The molecule has 10 nitrogen and oxygen atoms in total. The van der Waals surface area contributed by atoms with Gasteiger partial charge in [-0.15, -0.1) is 0 Å². The van der Waals surface area contributed by atoms with Gasteiger partial charge < -0.3 is 34.4 Å². The van der Waals surface area contributed by atoms with Gasteiger partial charge in [-0.1, -0.05) is 0 Å². The van der Waals surface area contributed by atoms with Gasteiger partial charge in [0.1, 0.15) is 73.4 Å². The number of carbonyl (C=O) groups is 3. The van der Waals surface area contributed by atoms with E-state index in [0.29, 0.717) is 10.7 Å². The van der Waals surface area contributed by atoms with Gasteiger partial charge in [0.05, 0.1) is 10.7 Å². The molecule has 0 fully saturated rings. The highest BCUT2D eigenvalue weighted by molar-refractivity contribution is 14.1. The first-order valence-corrected chi connectivity index (χ1v) is 18.6. The summed E-state index contributed by atoms with van der Waals surface area (Å²) in [4.78, 5) is 38.8. The largest absolute Gasteiger partial charge is 0.506 e. The molecule has 3 aromatic carbocycles. The number of carbonyl (C=O) groups excluding carboxylic acids is 3. The minimum Gasteiger partial charge on any atom is -0.506 e. The molecule has 0 aliphatic rings. The maximum Gasteiger partial charge on any atom is 0.342 e. The molecule has 230 valence electrons. The topological polar surface area (TPSA) is 144 Å². The number of ether oxygens (including phenoxy) is 3. The van der Waals surface area contributed by atoms with Crippen molar-refractivity contribution in [3.05, 3.63) is 74.5 Å². The van der Waals surface area contributed by atoms with E-state index in [1.165, 1.54) is 18.2 Å². The fourth-order valence-corrected chi connectivity index (χ4v) is 9.17. The molecule has 0 spiro atoms. The number of hydrogen-bond acceptors (Lipinski definition) is 9. The van der Waals surface area contributed by atoms with Gasteiger partial charge in [-0.05, 0) is 172 Å². The summed E-state index contributed by atoms with van der Waals surface area (Å²) in [5, 5.41) is 30.8. The van der Waals surface area contributed by atoms with Gasteiger partial charge in [0.15, 0.2) is 0 Å². The number of benzene rings is 3. The summed E-state index contributed by atoms with van der Waals surface area (Å²) < 4.78 is 20.1. The van der Waals surface area contributed by atoms with Gasteiger partial charge >= 0.3 is 17.9 Å². The van der Waals surface area contributed by atoms with Gasteiger partial charge in [-0.3, -0.25) is 0 Å². The highest BCUT2D eigenvalue weighted by atomic mass is 127. The van der Waals surface area contributed by atoms with E-state index in [1.54, 1.807) is 18.2 Å². The van der Waals surface area contributed by atoms with Gasteiger partial charge in [-0.2, -0.15) is 0 Å². The Hall–Kier alpha value is -0.190. The molecular weight excluding hydrogens is 1240 g/mol. The van der Waals surface area contributed by atoms with E-state index >= 15 is 0 Å². The van der Waals surface area contributed by atoms with Crippen LogP contribution in [-0.4, -0.2) is 72.7 Å². The second-order valence-electron chi connectivity index (χ2n) is 8.76. The lowest BCUT2D eigenvalue weighted by atomic mass is 10.2. The highest BCUT2D eigenvalue weighted by Gasteiger charge is 2.21. The summed E-state index contributed by atoms with van der Waals surface area (Å²) in [5.74, 6) is -2.51.